The number of aryl methyl sites for hydroxylation is 2. The largest absolute Gasteiger partial charge is 0.293 e. The van der Waals surface area contributed by atoms with E-state index in [9.17, 15) is 18.0 Å². The third kappa shape index (κ3) is 5.67. The van der Waals surface area contributed by atoms with Gasteiger partial charge in [0.1, 0.15) is 0 Å². The Labute approximate surface area is 187 Å². The molecule has 0 amide bonds. The fourth-order valence-corrected chi connectivity index (χ4v) is 4.44. The minimum atomic E-state index is -4.07. The van der Waals surface area contributed by atoms with Gasteiger partial charge in [0.2, 0.25) is 10.0 Å². The summed E-state index contributed by atoms with van der Waals surface area (Å²) < 4.78 is 27.5. The second-order valence-electron chi connectivity index (χ2n) is 7.31. The van der Waals surface area contributed by atoms with Gasteiger partial charge in [-0.15, -0.1) is 0 Å². The fourth-order valence-electron chi connectivity index (χ4n) is 2.96. The predicted octanol–water partition coefficient (Wildman–Crippen LogP) is 4.71. The van der Waals surface area contributed by atoms with Crippen LogP contribution >= 0.6 is 11.6 Å². The van der Waals surface area contributed by atoms with Crippen molar-refractivity contribution in [2.24, 2.45) is 0 Å². The molecule has 0 unspecified atom stereocenters. The van der Waals surface area contributed by atoms with Crippen molar-refractivity contribution in [1.29, 1.82) is 0 Å². The van der Waals surface area contributed by atoms with Gasteiger partial charge in [-0.1, -0.05) is 59.1 Å². The van der Waals surface area contributed by atoms with Crippen molar-refractivity contribution in [3.05, 3.63) is 100 Å². The molecule has 7 heteroatoms. The molecule has 0 radical (unpaired) electrons. The Morgan fingerprint density at radius 1 is 0.710 bits per heavy atom. The molecule has 0 bridgehead atoms. The van der Waals surface area contributed by atoms with Gasteiger partial charge in [-0.05, 0) is 50.2 Å². The zero-order valence-electron chi connectivity index (χ0n) is 17.2. The molecule has 0 saturated carbocycles. The molecule has 3 aromatic carbocycles. The highest BCUT2D eigenvalue weighted by atomic mass is 35.5. The molecular weight excluding hydrogens is 434 g/mol. The van der Waals surface area contributed by atoms with Gasteiger partial charge in [-0.25, -0.2) is 8.42 Å². The van der Waals surface area contributed by atoms with Gasteiger partial charge < -0.3 is 0 Å². The lowest BCUT2D eigenvalue weighted by atomic mass is 10.1. The van der Waals surface area contributed by atoms with Crippen LogP contribution in [0.5, 0.6) is 0 Å². The van der Waals surface area contributed by atoms with Gasteiger partial charge in [0.15, 0.2) is 11.6 Å². The van der Waals surface area contributed by atoms with Crippen LogP contribution in [0.25, 0.3) is 0 Å². The molecule has 3 aromatic rings. The number of hydrogen-bond acceptors (Lipinski definition) is 4. The second-order valence-corrected chi connectivity index (χ2v) is 9.68. The monoisotopic (exact) mass is 455 g/mol. The normalized spacial score (nSPS) is 11.5. The summed E-state index contributed by atoms with van der Waals surface area (Å²) in [5, 5.41) is 0.468. The third-order valence-corrected chi connectivity index (χ3v) is 6.90. The van der Waals surface area contributed by atoms with Gasteiger partial charge in [0.25, 0.3) is 0 Å². The molecule has 0 aliphatic rings. The molecule has 0 aliphatic heterocycles. The Kier molecular flexibility index (Phi) is 7.05. The van der Waals surface area contributed by atoms with Crippen LogP contribution in [-0.2, 0) is 10.0 Å². The molecule has 0 fully saturated rings. The highest BCUT2D eigenvalue weighted by molar-refractivity contribution is 7.89. The SMILES string of the molecule is Cc1ccc(C(=O)CN(CC(=O)c2ccc(Cl)cc2)S(=O)(=O)c2ccc(C)cc2)cc1. The minimum Gasteiger partial charge on any atom is -0.293 e. The molecule has 0 spiro atoms. The maximum Gasteiger partial charge on any atom is 0.243 e. The summed E-state index contributed by atoms with van der Waals surface area (Å²) in [6, 6.07) is 19.3. The van der Waals surface area contributed by atoms with Crippen molar-refractivity contribution in [2.45, 2.75) is 18.7 Å². The number of carbonyl (C=O) groups is 2. The summed E-state index contributed by atoms with van der Waals surface area (Å²) in [6.07, 6.45) is 0. The van der Waals surface area contributed by atoms with E-state index < -0.39 is 28.9 Å². The molecule has 0 atom stereocenters. The van der Waals surface area contributed by atoms with Crippen molar-refractivity contribution in [3.8, 4) is 0 Å². The molecule has 160 valence electrons. The van der Waals surface area contributed by atoms with Crippen LogP contribution in [0.3, 0.4) is 0 Å². The Hall–Kier alpha value is -2.80. The average molecular weight is 456 g/mol. The number of hydrogen-bond donors (Lipinski definition) is 0. The quantitative estimate of drug-likeness (QED) is 0.461. The standard InChI is InChI=1S/C24H22ClNO4S/c1-17-3-7-19(8-4-17)23(27)15-26(16-24(28)20-9-11-21(25)12-10-20)31(29,30)22-13-5-18(2)6-14-22/h3-14H,15-16H2,1-2H3. The first-order valence-corrected chi connectivity index (χ1v) is 11.4. The number of rotatable bonds is 8. The first kappa shape index (κ1) is 22.9. The smallest absolute Gasteiger partial charge is 0.243 e. The second kappa shape index (κ2) is 9.56. The molecule has 0 heterocycles. The van der Waals surface area contributed by atoms with Crippen LogP contribution in [-0.4, -0.2) is 37.4 Å². The summed E-state index contributed by atoms with van der Waals surface area (Å²) >= 11 is 5.87. The number of carbonyl (C=O) groups excluding carboxylic acids is 2. The minimum absolute atomic E-state index is 0.0266. The van der Waals surface area contributed by atoms with Crippen molar-refractivity contribution in [3.63, 3.8) is 0 Å². The zero-order chi connectivity index (χ0) is 22.6. The molecule has 0 N–H and O–H groups in total. The van der Waals surface area contributed by atoms with Crippen molar-refractivity contribution in [1.82, 2.24) is 4.31 Å². The van der Waals surface area contributed by atoms with E-state index in [0.29, 0.717) is 16.1 Å². The van der Waals surface area contributed by atoms with Gasteiger partial charge in [-0.2, -0.15) is 4.31 Å². The molecule has 31 heavy (non-hydrogen) atoms. The van der Waals surface area contributed by atoms with Crippen molar-refractivity contribution >= 4 is 33.2 Å². The van der Waals surface area contributed by atoms with E-state index in [0.717, 1.165) is 15.4 Å². The van der Waals surface area contributed by atoms with Crippen LogP contribution in [0, 0.1) is 13.8 Å². The number of benzene rings is 3. The number of ketones is 2. The molecule has 0 aliphatic carbocycles. The van der Waals surface area contributed by atoms with Gasteiger partial charge in [0, 0.05) is 16.1 Å². The summed E-state index contributed by atoms with van der Waals surface area (Å²) in [7, 11) is -4.07. The van der Waals surface area contributed by atoms with Crippen LogP contribution in [0.2, 0.25) is 5.02 Å². The van der Waals surface area contributed by atoms with E-state index in [2.05, 4.69) is 0 Å². The van der Waals surface area contributed by atoms with Crippen LogP contribution < -0.4 is 0 Å². The zero-order valence-corrected chi connectivity index (χ0v) is 18.8. The van der Waals surface area contributed by atoms with E-state index >= 15 is 0 Å². The van der Waals surface area contributed by atoms with Gasteiger partial charge in [0.05, 0.1) is 18.0 Å². The van der Waals surface area contributed by atoms with E-state index in [1.165, 1.54) is 24.3 Å². The lowest BCUT2D eigenvalue weighted by Crippen LogP contribution is -2.39. The Bertz CT molecular complexity index is 1130. The fraction of sp³-hybridized carbons (Fsp3) is 0.167. The number of halogens is 1. The summed E-state index contributed by atoms with van der Waals surface area (Å²) in [5.74, 6) is -0.816. The predicted molar refractivity (Wildman–Crippen MR) is 121 cm³/mol. The first-order valence-electron chi connectivity index (χ1n) is 9.62. The van der Waals surface area contributed by atoms with Crippen LogP contribution in [0.1, 0.15) is 31.8 Å². The molecule has 0 aromatic heterocycles. The molecular formula is C24H22ClNO4S. The van der Waals surface area contributed by atoms with Gasteiger partial charge in [-0.3, -0.25) is 9.59 Å². The number of nitrogens with zero attached hydrogens (tertiary/aromatic N) is 1. The maximum atomic E-state index is 13.3. The van der Waals surface area contributed by atoms with E-state index in [1.807, 2.05) is 13.8 Å². The molecule has 3 rings (SSSR count). The Morgan fingerprint density at radius 3 is 1.55 bits per heavy atom. The first-order chi connectivity index (χ1) is 14.7. The Morgan fingerprint density at radius 2 is 1.10 bits per heavy atom. The highest BCUT2D eigenvalue weighted by Gasteiger charge is 2.29. The van der Waals surface area contributed by atoms with E-state index in [-0.39, 0.29) is 10.7 Å². The third-order valence-electron chi connectivity index (χ3n) is 4.84. The lowest BCUT2D eigenvalue weighted by Gasteiger charge is -2.21. The van der Waals surface area contributed by atoms with Gasteiger partial charge >= 0.3 is 0 Å². The molecule has 0 saturated heterocycles. The molecule has 5 nitrogen and oxygen atoms in total. The number of sulfonamides is 1. The van der Waals surface area contributed by atoms with E-state index in [4.69, 9.17) is 11.6 Å². The Balaban J connectivity index is 1.93. The maximum absolute atomic E-state index is 13.3. The lowest BCUT2D eigenvalue weighted by molar-refractivity contribution is 0.0927. The van der Waals surface area contributed by atoms with Crippen LogP contribution in [0.15, 0.2) is 77.7 Å². The topological polar surface area (TPSA) is 71.5 Å². The van der Waals surface area contributed by atoms with Crippen molar-refractivity contribution < 1.29 is 18.0 Å². The average Bonchev–Trinajstić information content (AvgIpc) is 2.74. The summed E-state index contributed by atoms with van der Waals surface area (Å²) in [5.41, 5.74) is 2.59. The van der Waals surface area contributed by atoms with Crippen LogP contribution in [0.4, 0.5) is 0 Å². The van der Waals surface area contributed by atoms with Crippen molar-refractivity contribution in [2.75, 3.05) is 13.1 Å². The summed E-state index contributed by atoms with van der Waals surface area (Å²) in [6.45, 7) is 2.83. The number of Topliss-reactive ketones (excluding diaryl/α,β-unsaturated/α-hetero) is 2. The summed E-state index contributed by atoms with van der Waals surface area (Å²) in [4.78, 5) is 25.7. The van der Waals surface area contributed by atoms with E-state index in [1.54, 1.807) is 48.5 Å². The highest BCUT2D eigenvalue weighted by Crippen LogP contribution is 2.19.